The van der Waals surface area contributed by atoms with Gasteiger partial charge in [0.05, 0.1) is 17.0 Å². The number of thiophene rings is 1. The number of hydrogen-bond acceptors (Lipinski definition) is 3. The Balaban J connectivity index is 2.10. The van der Waals surface area contributed by atoms with E-state index in [-0.39, 0.29) is 23.5 Å². The largest absolute Gasteiger partial charge is 0.394 e. The predicted octanol–water partition coefficient (Wildman–Crippen LogP) is 3.08. The second-order valence-electron chi connectivity index (χ2n) is 6.51. The molecule has 0 saturated heterocycles. The van der Waals surface area contributed by atoms with Gasteiger partial charge in [0.15, 0.2) is 0 Å². The minimum atomic E-state index is -0.386. The SMILES string of the molecule is CC(C)(C)c1ccc(C(=O)NC2(CO)CCCC2)s1. The van der Waals surface area contributed by atoms with E-state index in [0.717, 1.165) is 30.6 Å². The van der Waals surface area contributed by atoms with E-state index in [1.165, 1.54) is 4.88 Å². The number of aliphatic hydroxyl groups excluding tert-OH is 1. The summed E-state index contributed by atoms with van der Waals surface area (Å²) in [5, 5.41) is 12.6. The summed E-state index contributed by atoms with van der Waals surface area (Å²) in [6, 6.07) is 3.92. The van der Waals surface area contributed by atoms with E-state index >= 15 is 0 Å². The van der Waals surface area contributed by atoms with Crippen LogP contribution in [0.2, 0.25) is 0 Å². The van der Waals surface area contributed by atoms with Gasteiger partial charge in [-0.05, 0) is 30.4 Å². The van der Waals surface area contributed by atoms with Crippen LogP contribution in [0.4, 0.5) is 0 Å². The summed E-state index contributed by atoms with van der Waals surface area (Å²) < 4.78 is 0. The van der Waals surface area contributed by atoms with Crippen molar-refractivity contribution in [1.82, 2.24) is 5.32 Å². The molecule has 0 radical (unpaired) electrons. The summed E-state index contributed by atoms with van der Waals surface area (Å²) >= 11 is 1.55. The highest BCUT2D eigenvalue weighted by molar-refractivity contribution is 7.14. The zero-order chi connectivity index (χ0) is 14.1. The number of carbonyl (C=O) groups excluding carboxylic acids is 1. The number of carbonyl (C=O) groups is 1. The molecular formula is C15H23NO2S. The lowest BCUT2D eigenvalue weighted by atomic mass is 9.95. The number of aliphatic hydroxyl groups is 1. The lowest BCUT2D eigenvalue weighted by Crippen LogP contribution is -2.49. The van der Waals surface area contributed by atoms with Crippen LogP contribution < -0.4 is 5.32 Å². The van der Waals surface area contributed by atoms with Crippen molar-refractivity contribution in [1.29, 1.82) is 0 Å². The van der Waals surface area contributed by atoms with Crippen molar-refractivity contribution in [2.75, 3.05) is 6.61 Å². The van der Waals surface area contributed by atoms with Crippen LogP contribution in [0.15, 0.2) is 12.1 Å². The van der Waals surface area contributed by atoms with Crippen LogP contribution >= 0.6 is 11.3 Å². The van der Waals surface area contributed by atoms with Crippen molar-refractivity contribution in [2.45, 2.75) is 57.4 Å². The first-order valence-corrected chi connectivity index (χ1v) is 7.72. The summed E-state index contributed by atoms with van der Waals surface area (Å²) in [4.78, 5) is 14.2. The molecule has 1 aromatic heterocycles. The summed E-state index contributed by atoms with van der Waals surface area (Å²) in [7, 11) is 0. The van der Waals surface area contributed by atoms with Crippen LogP contribution in [0, 0.1) is 0 Å². The fraction of sp³-hybridized carbons (Fsp3) is 0.667. The van der Waals surface area contributed by atoms with Gasteiger partial charge >= 0.3 is 0 Å². The third-order valence-electron chi connectivity index (χ3n) is 3.81. The van der Waals surface area contributed by atoms with Crippen LogP contribution in [-0.2, 0) is 5.41 Å². The average Bonchev–Trinajstić information content (AvgIpc) is 2.97. The molecule has 0 bridgehead atoms. The maximum atomic E-state index is 12.3. The highest BCUT2D eigenvalue weighted by atomic mass is 32.1. The van der Waals surface area contributed by atoms with Gasteiger partial charge in [0.1, 0.15) is 0 Å². The first-order valence-electron chi connectivity index (χ1n) is 6.90. The van der Waals surface area contributed by atoms with Crippen molar-refractivity contribution in [2.24, 2.45) is 0 Å². The molecule has 0 spiro atoms. The van der Waals surface area contributed by atoms with Gasteiger partial charge in [-0.25, -0.2) is 0 Å². The molecule has 1 fully saturated rings. The van der Waals surface area contributed by atoms with Crippen molar-refractivity contribution < 1.29 is 9.90 Å². The van der Waals surface area contributed by atoms with Crippen LogP contribution in [0.1, 0.15) is 61.0 Å². The van der Waals surface area contributed by atoms with Gasteiger partial charge in [0.2, 0.25) is 0 Å². The molecule has 4 heteroatoms. The van der Waals surface area contributed by atoms with Crippen LogP contribution in [0.5, 0.6) is 0 Å². The Labute approximate surface area is 119 Å². The van der Waals surface area contributed by atoms with E-state index in [9.17, 15) is 9.90 Å². The summed E-state index contributed by atoms with van der Waals surface area (Å²) in [5.41, 5.74) is -0.311. The molecule has 3 nitrogen and oxygen atoms in total. The summed E-state index contributed by atoms with van der Waals surface area (Å²) in [6.07, 6.45) is 3.93. The van der Waals surface area contributed by atoms with Gasteiger partial charge in [0.25, 0.3) is 5.91 Å². The third kappa shape index (κ3) is 3.18. The first kappa shape index (κ1) is 14.5. The van der Waals surface area contributed by atoms with Gasteiger partial charge in [-0.15, -0.1) is 11.3 Å². The molecule has 1 amide bonds. The number of hydrogen-bond donors (Lipinski definition) is 2. The zero-order valence-corrected chi connectivity index (χ0v) is 12.8. The van der Waals surface area contributed by atoms with Crippen molar-refractivity contribution in [3.05, 3.63) is 21.9 Å². The first-order chi connectivity index (χ1) is 8.86. The van der Waals surface area contributed by atoms with Crippen LogP contribution in [0.3, 0.4) is 0 Å². The normalized spacial score (nSPS) is 18.5. The van der Waals surface area contributed by atoms with Crippen LogP contribution in [0.25, 0.3) is 0 Å². The topological polar surface area (TPSA) is 49.3 Å². The van der Waals surface area contributed by atoms with Gasteiger partial charge in [-0.2, -0.15) is 0 Å². The van der Waals surface area contributed by atoms with E-state index in [1.54, 1.807) is 11.3 Å². The average molecular weight is 281 g/mol. The van der Waals surface area contributed by atoms with E-state index < -0.39 is 0 Å². The molecule has 0 atom stereocenters. The molecule has 1 aliphatic rings. The Kier molecular flexibility index (Phi) is 4.02. The lowest BCUT2D eigenvalue weighted by Gasteiger charge is -2.27. The Morgan fingerprint density at radius 1 is 1.37 bits per heavy atom. The molecule has 106 valence electrons. The van der Waals surface area contributed by atoms with Crippen molar-refractivity contribution in [3.63, 3.8) is 0 Å². The van der Waals surface area contributed by atoms with E-state index in [2.05, 4.69) is 26.1 Å². The fourth-order valence-corrected chi connectivity index (χ4v) is 3.50. The number of amides is 1. The van der Waals surface area contributed by atoms with E-state index in [4.69, 9.17) is 0 Å². The van der Waals surface area contributed by atoms with Gasteiger partial charge < -0.3 is 10.4 Å². The number of nitrogens with one attached hydrogen (secondary N) is 1. The molecular weight excluding hydrogens is 258 g/mol. The zero-order valence-electron chi connectivity index (χ0n) is 12.0. The lowest BCUT2D eigenvalue weighted by molar-refractivity contribution is 0.0842. The highest BCUT2D eigenvalue weighted by Crippen LogP contribution is 2.32. The Bertz CT molecular complexity index is 453. The second kappa shape index (κ2) is 5.25. The maximum Gasteiger partial charge on any atom is 0.261 e. The molecule has 0 aromatic carbocycles. The molecule has 0 aliphatic heterocycles. The molecule has 1 aliphatic carbocycles. The summed E-state index contributed by atoms with van der Waals surface area (Å²) in [5.74, 6) is -0.0450. The highest BCUT2D eigenvalue weighted by Gasteiger charge is 2.35. The smallest absolute Gasteiger partial charge is 0.261 e. The third-order valence-corrected chi connectivity index (χ3v) is 5.32. The van der Waals surface area contributed by atoms with Crippen molar-refractivity contribution in [3.8, 4) is 0 Å². The fourth-order valence-electron chi connectivity index (χ4n) is 2.54. The predicted molar refractivity (Wildman–Crippen MR) is 78.8 cm³/mol. The summed E-state index contributed by atoms with van der Waals surface area (Å²) in [6.45, 7) is 6.47. The molecule has 1 aromatic rings. The molecule has 0 unspecified atom stereocenters. The van der Waals surface area contributed by atoms with E-state index in [1.807, 2.05) is 12.1 Å². The Morgan fingerprint density at radius 2 is 2.00 bits per heavy atom. The van der Waals surface area contributed by atoms with Crippen molar-refractivity contribution >= 4 is 17.2 Å². The standard InChI is InChI=1S/C15H23NO2S/c1-14(2,3)12-7-6-11(19-12)13(18)16-15(10-17)8-4-5-9-15/h6-7,17H,4-5,8-10H2,1-3H3,(H,16,18). The molecule has 1 heterocycles. The van der Waals surface area contributed by atoms with Gasteiger partial charge in [-0.3, -0.25) is 4.79 Å². The van der Waals surface area contributed by atoms with Crippen LogP contribution in [-0.4, -0.2) is 23.2 Å². The molecule has 19 heavy (non-hydrogen) atoms. The Hall–Kier alpha value is -0.870. The Morgan fingerprint density at radius 3 is 2.47 bits per heavy atom. The molecule has 2 rings (SSSR count). The minimum absolute atomic E-state index is 0.0379. The minimum Gasteiger partial charge on any atom is -0.394 e. The monoisotopic (exact) mass is 281 g/mol. The number of rotatable bonds is 3. The molecule has 1 saturated carbocycles. The molecule has 2 N–H and O–H groups in total. The van der Waals surface area contributed by atoms with E-state index in [0.29, 0.717) is 0 Å². The quantitative estimate of drug-likeness (QED) is 0.894. The second-order valence-corrected chi connectivity index (χ2v) is 7.60. The van der Waals surface area contributed by atoms with Gasteiger partial charge in [-0.1, -0.05) is 33.6 Å². The maximum absolute atomic E-state index is 12.3. The van der Waals surface area contributed by atoms with Gasteiger partial charge in [0, 0.05) is 4.88 Å².